The maximum atomic E-state index is 9.88. The van der Waals surface area contributed by atoms with Crippen LogP contribution in [0.25, 0.3) is 22.2 Å². The van der Waals surface area contributed by atoms with Crippen LogP contribution in [0.1, 0.15) is 25.0 Å². The maximum absolute atomic E-state index is 9.88. The summed E-state index contributed by atoms with van der Waals surface area (Å²) in [6.45, 7) is 4.89. The zero-order valence-electron chi connectivity index (χ0n) is 17.0. The number of H-pyrrole nitrogens is 1. The zero-order valence-corrected chi connectivity index (χ0v) is 17.8. The number of aromatic amines is 1. The first-order valence-corrected chi connectivity index (χ1v) is 10.9. The molecule has 0 aliphatic carbocycles. The summed E-state index contributed by atoms with van der Waals surface area (Å²) in [5.74, 6) is 0.592. The fourth-order valence-electron chi connectivity index (χ4n) is 3.40. The van der Waals surface area contributed by atoms with Crippen molar-refractivity contribution >= 4 is 28.5 Å². The Morgan fingerprint density at radius 2 is 1.83 bits per heavy atom. The second-order valence-electron chi connectivity index (χ2n) is 7.26. The molecule has 0 bridgehead atoms. The van der Waals surface area contributed by atoms with Crippen LogP contribution in [0, 0.1) is 11.3 Å². The normalized spacial score (nSPS) is 11.0. The summed E-state index contributed by atoms with van der Waals surface area (Å²) in [6, 6.07) is 20.4. The maximum Gasteiger partial charge on any atom is 0.190 e. The molecule has 0 fully saturated rings. The van der Waals surface area contributed by atoms with E-state index in [9.17, 15) is 5.26 Å². The molecule has 30 heavy (non-hydrogen) atoms. The van der Waals surface area contributed by atoms with E-state index in [4.69, 9.17) is 4.98 Å². The lowest BCUT2D eigenvalue weighted by atomic mass is 10.1. The Bertz CT molecular complexity index is 1190. The minimum Gasteiger partial charge on any atom is -0.368 e. The lowest BCUT2D eigenvalue weighted by Gasteiger charge is -2.13. The number of para-hydroxylation sites is 1. The standard InChI is InChI=1S/C24H23N5S/c1-16(2)30-24-28-22(17-8-4-3-5-9-17)20(14-25)23(29-24)26-13-12-18-15-27-21-11-7-6-10-19(18)21/h3-11,15-16,27H,12-13H2,1-2H3,(H,26,28,29). The quantitative estimate of drug-likeness (QED) is 0.302. The number of hydrogen-bond acceptors (Lipinski definition) is 5. The summed E-state index contributed by atoms with van der Waals surface area (Å²) in [7, 11) is 0. The average Bonchev–Trinajstić information content (AvgIpc) is 3.17. The summed E-state index contributed by atoms with van der Waals surface area (Å²) in [6.07, 6.45) is 2.87. The van der Waals surface area contributed by atoms with Crippen molar-refractivity contribution in [1.82, 2.24) is 15.0 Å². The highest BCUT2D eigenvalue weighted by atomic mass is 32.2. The first-order valence-electron chi connectivity index (χ1n) is 9.99. The Labute approximate surface area is 180 Å². The van der Waals surface area contributed by atoms with Crippen molar-refractivity contribution < 1.29 is 0 Å². The fraction of sp³-hybridized carbons (Fsp3) is 0.208. The van der Waals surface area contributed by atoms with Gasteiger partial charge < -0.3 is 10.3 Å². The van der Waals surface area contributed by atoms with E-state index in [0.29, 0.717) is 34.0 Å². The average molecular weight is 414 g/mol. The largest absolute Gasteiger partial charge is 0.368 e. The summed E-state index contributed by atoms with van der Waals surface area (Å²) in [5.41, 5.74) is 4.45. The molecule has 0 radical (unpaired) electrons. The van der Waals surface area contributed by atoms with E-state index in [2.05, 4.69) is 47.3 Å². The van der Waals surface area contributed by atoms with Crippen LogP contribution in [-0.2, 0) is 6.42 Å². The number of aromatic nitrogens is 3. The first kappa shape index (κ1) is 20.0. The molecule has 0 amide bonds. The van der Waals surface area contributed by atoms with Gasteiger partial charge in [0.2, 0.25) is 0 Å². The molecule has 0 saturated heterocycles. The minimum atomic E-state index is 0.348. The molecule has 4 rings (SSSR count). The Hall–Kier alpha value is -3.30. The van der Waals surface area contributed by atoms with E-state index < -0.39 is 0 Å². The van der Waals surface area contributed by atoms with Gasteiger partial charge >= 0.3 is 0 Å². The van der Waals surface area contributed by atoms with Crippen molar-refractivity contribution in [3.8, 4) is 17.3 Å². The van der Waals surface area contributed by atoms with Gasteiger partial charge in [-0.1, -0.05) is 74.1 Å². The van der Waals surface area contributed by atoms with Gasteiger partial charge in [-0.2, -0.15) is 5.26 Å². The van der Waals surface area contributed by atoms with Crippen LogP contribution < -0.4 is 5.32 Å². The summed E-state index contributed by atoms with van der Waals surface area (Å²) in [5, 5.41) is 15.5. The van der Waals surface area contributed by atoms with Gasteiger partial charge in [0.1, 0.15) is 17.5 Å². The molecule has 0 aliphatic heterocycles. The number of nitrogens with one attached hydrogen (secondary N) is 2. The van der Waals surface area contributed by atoms with E-state index in [0.717, 1.165) is 17.5 Å². The molecular weight excluding hydrogens is 390 g/mol. The highest BCUT2D eigenvalue weighted by Gasteiger charge is 2.17. The molecule has 0 spiro atoms. The third-order valence-corrected chi connectivity index (χ3v) is 5.62. The molecule has 150 valence electrons. The van der Waals surface area contributed by atoms with Gasteiger partial charge in [-0.05, 0) is 18.1 Å². The summed E-state index contributed by atoms with van der Waals surface area (Å²) < 4.78 is 0. The molecule has 4 aromatic rings. The number of hydrogen-bond donors (Lipinski definition) is 2. The molecular formula is C24H23N5S. The molecule has 0 atom stereocenters. The smallest absolute Gasteiger partial charge is 0.190 e. The van der Waals surface area contributed by atoms with Crippen LogP contribution in [0.2, 0.25) is 0 Å². The Morgan fingerprint density at radius 1 is 1.07 bits per heavy atom. The lowest BCUT2D eigenvalue weighted by molar-refractivity contribution is 0.932. The lowest BCUT2D eigenvalue weighted by Crippen LogP contribution is -2.10. The minimum absolute atomic E-state index is 0.348. The third kappa shape index (κ3) is 4.32. The van der Waals surface area contributed by atoms with Crippen LogP contribution >= 0.6 is 11.8 Å². The fourth-order valence-corrected chi connectivity index (χ4v) is 4.11. The predicted molar refractivity (Wildman–Crippen MR) is 124 cm³/mol. The summed E-state index contributed by atoms with van der Waals surface area (Å²) in [4.78, 5) is 12.7. The molecule has 2 N–H and O–H groups in total. The second-order valence-corrected chi connectivity index (χ2v) is 8.80. The van der Waals surface area contributed by atoms with Gasteiger partial charge in [0.25, 0.3) is 0 Å². The summed E-state index contributed by atoms with van der Waals surface area (Å²) >= 11 is 1.60. The van der Waals surface area contributed by atoms with Crippen LogP contribution in [0.15, 0.2) is 66.0 Å². The van der Waals surface area contributed by atoms with E-state index >= 15 is 0 Å². The van der Waals surface area contributed by atoms with Gasteiger partial charge in [0.15, 0.2) is 5.16 Å². The van der Waals surface area contributed by atoms with Crippen molar-refractivity contribution in [3.05, 3.63) is 71.9 Å². The second kappa shape index (κ2) is 9.02. The highest BCUT2D eigenvalue weighted by molar-refractivity contribution is 7.99. The number of benzene rings is 2. The molecule has 5 nitrogen and oxygen atoms in total. The third-order valence-electron chi connectivity index (χ3n) is 4.75. The van der Waals surface area contributed by atoms with Gasteiger partial charge in [-0.15, -0.1) is 0 Å². The molecule has 0 unspecified atom stereocenters. The van der Waals surface area contributed by atoms with Gasteiger partial charge in [0, 0.05) is 34.5 Å². The van der Waals surface area contributed by atoms with Crippen molar-refractivity contribution in [2.24, 2.45) is 0 Å². The van der Waals surface area contributed by atoms with E-state index in [1.54, 1.807) is 11.8 Å². The van der Waals surface area contributed by atoms with Crippen LogP contribution in [0.5, 0.6) is 0 Å². The highest BCUT2D eigenvalue weighted by Crippen LogP contribution is 2.30. The predicted octanol–water partition coefficient (Wildman–Crippen LogP) is 5.65. The number of nitrogens with zero attached hydrogens (tertiary/aromatic N) is 3. The zero-order chi connectivity index (χ0) is 20.9. The first-order chi connectivity index (χ1) is 14.7. The van der Waals surface area contributed by atoms with Gasteiger partial charge in [0.05, 0.1) is 5.69 Å². The number of nitriles is 1. The van der Waals surface area contributed by atoms with Crippen LogP contribution in [-0.4, -0.2) is 26.7 Å². The number of fused-ring (bicyclic) bond motifs is 1. The van der Waals surface area contributed by atoms with Crippen molar-refractivity contribution in [2.45, 2.75) is 30.7 Å². The molecule has 2 heterocycles. The Kier molecular flexibility index (Phi) is 6.01. The monoisotopic (exact) mass is 413 g/mol. The molecule has 2 aromatic carbocycles. The number of rotatable bonds is 7. The molecule has 0 saturated carbocycles. The van der Waals surface area contributed by atoms with E-state index in [1.807, 2.05) is 48.7 Å². The SMILES string of the molecule is CC(C)Sc1nc(NCCc2c[nH]c3ccccc23)c(C#N)c(-c2ccccc2)n1. The molecule has 0 aliphatic rings. The number of thioether (sulfide) groups is 1. The topological polar surface area (TPSA) is 77.4 Å². The van der Waals surface area contributed by atoms with Gasteiger partial charge in [-0.3, -0.25) is 0 Å². The molecule has 6 heteroatoms. The van der Waals surface area contributed by atoms with Crippen LogP contribution in [0.4, 0.5) is 5.82 Å². The number of anilines is 1. The van der Waals surface area contributed by atoms with Crippen LogP contribution in [0.3, 0.4) is 0 Å². The van der Waals surface area contributed by atoms with Crippen molar-refractivity contribution in [3.63, 3.8) is 0 Å². The van der Waals surface area contributed by atoms with E-state index in [1.165, 1.54) is 10.9 Å². The Morgan fingerprint density at radius 3 is 2.60 bits per heavy atom. The Balaban J connectivity index is 1.63. The van der Waals surface area contributed by atoms with Gasteiger partial charge in [-0.25, -0.2) is 9.97 Å². The van der Waals surface area contributed by atoms with E-state index in [-0.39, 0.29) is 0 Å². The van der Waals surface area contributed by atoms with Crippen molar-refractivity contribution in [2.75, 3.05) is 11.9 Å². The van der Waals surface area contributed by atoms with Crippen molar-refractivity contribution in [1.29, 1.82) is 5.26 Å². The molecule has 2 aromatic heterocycles.